The molecule has 1 aliphatic rings. The fourth-order valence-corrected chi connectivity index (χ4v) is 2.10. The van der Waals surface area contributed by atoms with Gasteiger partial charge in [0.1, 0.15) is 0 Å². The van der Waals surface area contributed by atoms with Gasteiger partial charge >= 0.3 is 0 Å². The molecule has 0 fully saturated rings. The highest BCUT2D eigenvalue weighted by molar-refractivity contribution is 5.23. The summed E-state index contributed by atoms with van der Waals surface area (Å²) in [6, 6.07) is 0. The normalized spacial score (nSPS) is 15.1. The zero-order valence-corrected chi connectivity index (χ0v) is 10.3. The van der Waals surface area contributed by atoms with Crippen molar-refractivity contribution in [2.45, 2.75) is 39.3 Å². The second kappa shape index (κ2) is 5.77. The maximum absolute atomic E-state index is 12.1. The molecule has 0 spiro atoms. The average Bonchev–Trinajstić information content (AvgIpc) is 2.37. The SMILES string of the molecule is C/C=C/CCCn1ncc2c(c1=O)CCNC2. The quantitative estimate of drug-likeness (QED) is 0.629. The van der Waals surface area contributed by atoms with E-state index in [-0.39, 0.29) is 5.56 Å². The van der Waals surface area contributed by atoms with Crippen LogP contribution in [0.3, 0.4) is 0 Å². The van der Waals surface area contributed by atoms with Crippen LogP contribution >= 0.6 is 0 Å². The molecule has 0 bridgehead atoms. The molecular weight excluding hydrogens is 214 g/mol. The summed E-state index contributed by atoms with van der Waals surface area (Å²) >= 11 is 0. The molecule has 0 atom stereocenters. The van der Waals surface area contributed by atoms with E-state index in [4.69, 9.17) is 0 Å². The molecule has 4 nitrogen and oxygen atoms in total. The summed E-state index contributed by atoms with van der Waals surface area (Å²) in [7, 11) is 0. The van der Waals surface area contributed by atoms with Gasteiger partial charge in [-0.05, 0) is 38.3 Å². The number of hydrogen-bond donors (Lipinski definition) is 1. The molecule has 1 N–H and O–H groups in total. The van der Waals surface area contributed by atoms with Crippen LogP contribution in [0, 0.1) is 0 Å². The van der Waals surface area contributed by atoms with Gasteiger partial charge in [0, 0.05) is 18.7 Å². The Morgan fingerprint density at radius 2 is 2.47 bits per heavy atom. The zero-order valence-electron chi connectivity index (χ0n) is 10.3. The summed E-state index contributed by atoms with van der Waals surface area (Å²) in [6.07, 6.45) is 8.78. The molecule has 2 heterocycles. The Hall–Kier alpha value is -1.42. The van der Waals surface area contributed by atoms with Crippen LogP contribution in [0.2, 0.25) is 0 Å². The van der Waals surface area contributed by atoms with Gasteiger partial charge in [-0.15, -0.1) is 0 Å². The second-order valence-electron chi connectivity index (χ2n) is 4.31. The van der Waals surface area contributed by atoms with Gasteiger partial charge in [-0.2, -0.15) is 5.10 Å². The van der Waals surface area contributed by atoms with Gasteiger partial charge in [0.2, 0.25) is 0 Å². The Balaban J connectivity index is 2.10. The summed E-state index contributed by atoms with van der Waals surface area (Å²) in [4.78, 5) is 12.1. The fraction of sp³-hybridized carbons (Fsp3) is 0.538. The maximum atomic E-state index is 12.1. The summed E-state index contributed by atoms with van der Waals surface area (Å²) in [5.74, 6) is 0. The highest BCUT2D eigenvalue weighted by Gasteiger charge is 2.14. The Morgan fingerprint density at radius 1 is 1.59 bits per heavy atom. The molecule has 0 radical (unpaired) electrons. The first-order chi connectivity index (χ1) is 8.33. The third kappa shape index (κ3) is 2.82. The van der Waals surface area contributed by atoms with Gasteiger partial charge in [-0.1, -0.05) is 12.2 Å². The average molecular weight is 233 g/mol. The van der Waals surface area contributed by atoms with Crippen molar-refractivity contribution in [1.82, 2.24) is 15.1 Å². The van der Waals surface area contributed by atoms with Gasteiger partial charge in [-0.3, -0.25) is 4.79 Å². The molecule has 2 rings (SSSR count). The molecule has 1 aromatic rings. The number of nitrogens with one attached hydrogen (secondary N) is 1. The van der Waals surface area contributed by atoms with E-state index < -0.39 is 0 Å². The number of fused-ring (bicyclic) bond motifs is 1. The van der Waals surface area contributed by atoms with Crippen molar-refractivity contribution in [3.8, 4) is 0 Å². The molecule has 0 saturated carbocycles. The van der Waals surface area contributed by atoms with E-state index in [0.29, 0.717) is 6.54 Å². The van der Waals surface area contributed by atoms with Crippen molar-refractivity contribution in [2.24, 2.45) is 0 Å². The molecule has 0 unspecified atom stereocenters. The number of aryl methyl sites for hydroxylation is 1. The topological polar surface area (TPSA) is 46.9 Å². The van der Waals surface area contributed by atoms with Gasteiger partial charge in [-0.25, -0.2) is 4.68 Å². The summed E-state index contributed by atoms with van der Waals surface area (Å²) < 4.78 is 1.60. The number of allylic oxidation sites excluding steroid dienone is 2. The molecule has 1 aliphatic heterocycles. The minimum Gasteiger partial charge on any atom is -0.312 e. The highest BCUT2D eigenvalue weighted by atomic mass is 16.1. The van der Waals surface area contributed by atoms with Crippen LogP contribution < -0.4 is 10.9 Å². The fourth-order valence-electron chi connectivity index (χ4n) is 2.10. The lowest BCUT2D eigenvalue weighted by molar-refractivity contribution is 0.528. The summed E-state index contributed by atoms with van der Waals surface area (Å²) in [6.45, 7) is 4.39. The third-order valence-electron chi connectivity index (χ3n) is 3.08. The molecule has 0 aromatic carbocycles. The van der Waals surface area contributed by atoms with E-state index >= 15 is 0 Å². The number of rotatable bonds is 4. The van der Waals surface area contributed by atoms with E-state index in [2.05, 4.69) is 16.5 Å². The first kappa shape index (κ1) is 12.0. The van der Waals surface area contributed by atoms with Crippen molar-refractivity contribution >= 4 is 0 Å². The van der Waals surface area contributed by atoms with Crippen LogP contribution in [0.25, 0.3) is 0 Å². The predicted octanol–water partition coefficient (Wildman–Crippen LogP) is 1.25. The van der Waals surface area contributed by atoms with E-state index in [9.17, 15) is 4.79 Å². The van der Waals surface area contributed by atoms with Crippen molar-refractivity contribution in [2.75, 3.05) is 6.54 Å². The molecule has 92 valence electrons. The Kier molecular flexibility index (Phi) is 4.09. The van der Waals surface area contributed by atoms with E-state index in [1.54, 1.807) is 4.68 Å². The van der Waals surface area contributed by atoms with Crippen LogP contribution in [0.15, 0.2) is 23.1 Å². The molecule has 4 heteroatoms. The minimum absolute atomic E-state index is 0.101. The Morgan fingerprint density at radius 3 is 3.29 bits per heavy atom. The molecule has 0 saturated heterocycles. The first-order valence-electron chi connectivity index (χ1n) is 6.22. The summed E-state index contributed by atoms with van der Waals surface area (Å²) in [5, 5.41) is 7.48. The standard InChI is InChI=1S/C13H19N3O/c1-2-3-4-5-8-16-13(17)12-6-7-14-9-11(12)10-15-16/h2-3,10,14H,4-9H2,1H3/b3-2+. The van der Waals surface area contributed by atoms with E-state index in [0.717, 1.165) is 43.5 Å². The highest BCUT2D eigenvalue weighted by Crippen LogP contribution is 2.07. The zero-order chi connectivity index (χ0) is 12.1. The molecule has 0 aliphatic carbocycles. The lowest BCUT2D eigenvalue weighted by Crippen LogP contribution is -2.34. The number of unbranched alkanes of at least 4 members (excludes halogenated alkanes) is 1. The van der Waals surface area contributed by atoms with Crippen molar-refractivity contribution in [3.63, 3.8) is 0 Å². The van der Waals surface area contributed by atoms with Gasteiger partial charge < -0.3 is 5.32 Å². The van der Waals surface area contributed by atoms with Gasteiger partial charge in [0.05, 0.1) is 6.20 Å². The smallest absolute Gasteiger partial charge is 0.270 e. The largest absolute Gasteiger partial charge is 0.312 e. The van der Waals surface area contributed by atoms with Crippen LogP contribution in [-0.4, -0.2) is 16.3 Å². The molecule has 1 aromatic heterocycles. The lowest BCUT2D eigenvalue weighted by Gasteiger charge is -2.16. The van der Waals surface area contributed by atoms with Crippen molar-refractivity contribution < 1.29 is 0 Å². The van der Waals surface area contributed by atoms with Crippen LogP contribution in [0.4, 0.5) is 0 Å². The van der Waals surface area contributed by atoms with Crippen LogP contribution in [0.1, 0.15) is 30.9 Å². The van der Waals surface area contributed by atoms with E-state index in [1.807, 2.05) is 19.2 Å². The maximum Gasteiger partial charge on any atom is 0.270 e. The molecule has 17 heavy (non-hydrogen) atoms. The Labute approximate surface area is 101 Å². The first-order valence-corrected chi connectivity index (χ1v) is 6.22. The number of hydrogen-bond acceptors (Lipinski definition) is 3. The van der Waals surface area contributed by atoms with Crippen molar-refractivity contribution in [1.29, 1.82) is 0 Å². The van der Waals surface area contributed by atoms with Crippen molar-refractivity contribution in [3.05, 3.63) is 39.8 Å². The Bertz CT molecular complexity index is 462. The summed E-state index contributed by atoms with van der Waals surface area (Å²) in [5.41, 5.74) is 2.11. The second-order valence-corrected chi connectivity index (χ2v) is 4.31. The van der Waals surface area contributed by atoms with Crippen LogP contribution in [-0.2, 0) is 19.5 Å². The molecular formula is C13H19N3O. The lowest BCUT2D eigenvalue weighted by atomic mass is 10.1. The van der Waals surface area contributed by atoms with Gasteiger partial charge in [0.25, 0.3) is 5.56 Å². The third-order valence-corrected chi connectivity index (χ3v) is 3.08. The monoisotopic (exact) mass is 233 g/mol. The van der Waals surface area contributed by atoms with Gasteiger partial charge in [0.15, 0.2) is 0 Å². The predicted molar refractivity (Wildman–Crippen MR) is 68.0 cm³/mol. The number of aromatic nitrogens is 2. The number of nitrogens with zero attached hydrogens (tertiary/aromatic N) is 2. The van der Waals surface area contributed by atoms with E-state index in [1.165, 1.54) is 0 Å². The molecule has 0 amide bonds. The van der Waals surface area contributed by atoms with Crippen LogP contribution in [0.5, 0.6) is 0 Å². The minimum atomic E-state index is 0.101.